The fourth-order valence-corrected chi connectivity index (χ4v) is 5.38. The number of nitrogens with two attached hydrogens (primary N) is 1. The van der Waals surface area contributed by atoms with Crippen molar-refractivity contribution in [3.8, 4) is 5.75 Å². The molecular weight excluding hydrogens is 422 g/mol. The molecular formula is C21H23N3O4S2. The van der Waals surface area contributed by atoms with E-state index < -0.39 is 11.4 Å². The summed E-state index contributed by atoms with van der Waals surface area (Å²) in [7, 11) is 0. The number of hydrogen-bond donors (Lipinski definition) is 2. The molecule has 3 N–H and O–H groups in total. The number of amides is 2. The van der Waals surface area contributed by atoms with Crippen LogP contribution in [0.4, 0.5) is 0 Å². The van der Waals surface area contributed by atoms with Gasteiger partial charge in [-0.1, -0.05) is 0 Å². The van der Waals surface area contributed by atoms with E-state index >= 15 is 0 Å². The number of nitrogens with one attached hydrogen (secondary N) is 1. The minimum atomic E-state index is -1.08. The second-order valence-electron chi connectivity index (χ2n) is 7.34. The van der Waals surface area contributed by atoms with Crippen molar-refractivity contribution >= 4 is 44.6 Å². The molecule has 7 nitrogen and oxygen atoms in total. The van der Waals surface area contributed by atoms with Gasteiger partial charge in [0, 0.05) is 47.2 Å². The van der Waals surface area contributed by atoms with Gasteiger partial charge in [-0.15, -0.1) is 22.7 Å². The highest BCUT2D eigenvalue weighted by atomic mass is 32.1. The zero-order valence-electron chi connectivity index (χ0n) is 16.8. The minimum absolute atomic E-state index is 0.297. The van der Waals surface area contributed by atoms with Crippen molar-refractivity contribution in [3.05, 3.63) is 44.7 Å². The lowest BCUT2D eigenvalue weighted by Gasteiger charge is -2.35. The highest BCUT2D eigenvalue weighted by Crippen LogP contribution is 2.34. The van der Waals surface area contributed by atoms with E-state index in [1.54, 1.807) is 11.3 Å². The second kappa shape index (κ2) is 8.33. The van der Waals surface area contributed by atoms with Gasteiger partial charge in [-0.25, -0.2) is 4.98 Å². The number of benzene rings is 1. The van der Waals surface area contributed by atoms with Crippen molar-refractivity contribution in [1.29, 1.82) is 0 Å². The third-order valence-corrected chi connectivity index (χ3v) is 7.26. The number of aryl methyl sites for hydroxylation is 2. The normalized spacial score (nSPS) is 15.8. The molecule has 4 rings (SSSR count). The lowest BCUT2D eigenvalue weighted by molar-refractivity contribution is -0.127. The van der Waals surface area contributed by atoms with Crippen LogP contribution in [0.25, 0.3) is 10.1 Å². The standard InChI is InChI=1S/C21H23N3O4S2/c1-12-18(19(25)24-21(20(22)26)5-7-27-8-6-21)16-9-14(3-4-17(16)29-12)28-11-15-10-23-13(2)30-15/h3-4,9-10H,5-8,11H2,1-2H3,(H2,22,26)(H,24,25). The summed E-state index contributed by atoms with van der Waals surface area (Å²) in [5, 5.41) is 4.71. The number of ether oxygens (including phenoxy) is 2. The monoisotopic (exact) mass is 445 g/mol. The predicted molar refractivity (Wildman–Crippen MR) is 117 cm³/mol. The number of carbonyl (C=O) groups excluding carboxylic acids is 2. The highest BCUT2D eigenvalue weighted by molar-refractivity contribution is 7.19. The minimum Gasteiger partial charge on any atom is -0.488 e. The maximum Gasteiger partial charge on any atom is 0.253 e. The van der Waals surface area contributed by atoms with Crippen molar-refractivity contribution in [2.45, 2.75) is 38.8 Å². The Hall–Kier alpha value is -2.49. The van der Waals surface area contributed by atoms with E-state index in [4.69, 9.17) is 15.2 Å². The van der Waals surface area contributed by atoms with Gasteiger partial charge in [-0.2, -0.15) is 0 Å². The summed E-state index contributed by atoms with van der Waals surface area (Å²) in [5.41, 5.74) is 5.13. The van der Waals surface area contributed by atoms with Crippen molar-refractivity contribution in [1.82, 2.24) is 10.3 Å². The Morgan fingerprint density at radius 2 is 2.03 bits per heavy atom. The van der Waals surface area contributed by atoms with Gasteiger partial charge in [-0.3, -0.25) is 9.59 Å². The number of aromatic nitrogens is 1. The number of thiazole rings is 1. The lowest BCUT2D eigenvalue weighted by atomic mass is 9.88. The average Bonchev–Trinajstić information content (AvgIpc) is 3.28. The van der Waals surface area contributed by atoms with Gasteiger partial charge in [0.1, 0.15) is 17.9 Å². The van der Waals surface area contributed by atoms with Crippen molar-refractivity contribution < 1.29 is 19.1 Å². The van der Waals surface area contributed by atoms with E-state index in [-0.39, 0.29) is 5.91 Å². The lowest BCUT2D eigenvalue weighted by Crippen LogP contribution is -2.60. The van der Waals surface area contributed by atoms with E-state index in [9.17, 15) is 9.59 Å². The molecule has 0 atom stereocenters. The SMILES string of the molecule is Cc1ncc(COc2ccc3sc(C)c(C(=O)NC4(C(N)=O)CCOCC4)c3c2)s1. The van der Waals surface area contributed by atoms with Crippen molar-refractivity contribution in [2.75, 3.05) is 13.2 Å². The molecule has 0 unspecified atom stereocenters. The second-order valence-corrected chi connectivity index (χ2v) is 9.91. The zero-order valence-corrected chi connectivity index (χ0v) is 18.5. The molecule has 30 heavy (non-hydrogen) atoms. The van der Waals surface area contributed by atoms with Gasteiger partial charge < -0.3 is 20.5 Å². The molecule has 158 valence electrons. The molecule has 1 aromatic carbocycles. The van der Waals surface area contributed by atoms with Gasteiger partial charge in [0.15, 0.2) is 0 Å². The van der Waals surface area contributed by atoms with Crippen LogP contribution in [-0.2, 0) is 16.1 Å². The maximum absolute atomic E-state index is 13.2. The number of thiophene rings is 1. The summed E-state index contributed by atoms with van der Waals surface area (Å²) < 4.78 is 12.2. The van der Waals surface area contributed by atoms with Crippen LogP contribution in [0, 0.1) is 13.8 Å². The Morgan fingerprint density at radius 1 is 1.27 bits per heavy atom. The maximum atomic E-state index is 13.2. The number of rotatable bonds is 6. The fraction of sp³-hybridized carbons (Fsp3) is 0.381. The number of hydrogen-bond acceptors (Lipinski definition) is 7. The van der Waals surface area contributed by atoms with Crippen LogP contribution in [0.2, 0.25) is 0 Å². The average molecular weight is 446 g/mol. The van der Waals surface area contributed by atoms with Crippen LogP contribution in [0.3, 0.4) is 0 Å². The molecule has 0 bridgehead atoms. The van der Waals surface area contributed by atoms with E-state index in [1.165, 1.54) is 11.3 Å². The third-order valence-electron chi connectivity index (χ3n) is 5.28. The summed E-state index contributed by atoms with van der Waals surface area (Å²) >= 11 is 3.13. The van der Waals surface area contributed by atoms with E-state index in [0.29, 0.717) is 44.0 Å². The molecule has 2 aromatic heterocycles. The van der Waals surface area contributed by atoms with Gasteiger partial charge in [-0.05, 0) is 32.0 Å². The zero-order chi connectivity index (χ0) is 21.3. The quantitative estimate of drug-likeness (QED) is 0.606. The number of nitrogens with zero attached hydrogens (tertiary/aromatic N) is 1. The first-order valence-electron chi connectivity index (χ1n) is 9.65. The van der Waals surface area contributed by atoms with Gasteiger partial charge >= 0.3 is 0 Å². The van der Waals surface area contributed by atoms with E-state index in [1.807, 2.05) is 38.2 Å². The van der Waals surface area contributed by atoms with Gasteiger partial charge in [0.2, 0.25) is 5.91 Å². The van der Waals surface area contributed by atoms with E-state index in [2.05, 4.69) is 10.3 Å². The van der Waals surface area contributed by atoms with Crippen LogP contribution < -0.4 is 15.8 Å². The number of fused-ring (bicyclic) bond motifs is 1. The Kier molecular flexibility index (Phi) is 5.77. The molecule has 2 amide bonds. The van der Waals surface area contributed by atoms with Crippen molar-refractivity contribution in [2.24, 2.45) is 5.73 Å². The Bertz CT molecular complexity index is 1100. The molecule has 3 aromatic rings. The molecule has 0 aliphatic carbocycles. The Morgan fingerprint density at radius 3 is 2.70 bits per heavy atom. The Labute approximate surface area is 182 Å². The first kappa shape index (κ1) is 20.8. The van der Waals surface area contributed by atoms with Gasteiger partial charge in [0.05, 0.1) is 15.4 Å². The molecule has 1 fully saturated rings. The third kappa shape index (κ3) is 4.05. The molecule has 0 spiro atoms. The Balaban J connectivity index is 1.60. The first-order valence-corrected chi connectivity index (χ1v) is 11.3. The first-order chi connectivity index (χ1) is 14.4. The molecule has 0 saturated carbocycles. The van der Waals surface area contributed by atoms with Crippen LogP contribution >= 0.6 is 22.7 Å². The summed E-state index contributed by atoms with van der Waals surface area (Å²) in [4.78, 5) is 31.5. The van der Waals surface area contributed by atoms with E-state index in [0.717, 1.165) is 24.8 Å². The van der Waals surface area contributed by atoms with Gasteiger partial charge in [0.25, 0.3) is 5.91 Å². The van der Waals surface area contributed by atoms with Crippen LogP contribution in [0.15, 0.2) is 24.4 Å². The molecule has 3 heterocycles. The number of primary amides is 1. The summed E-state index contributed by atoms with van der Waals surface area (Å²) in [6, 6.07) is 5.73. The largest absolute Gasteiger partial charge is 0.488 e. The molecule has 1 aliphatic heterocycles. The summed E-state index contributed by atoms with van der Waals surface area (Å²) in [6.07, 6.45) is 2.55. The fourth-order valence-electron chi connectivity index (χ4n) is 3.63. The molecule has 0 radical (unpaired) electrons. The summed E-state index contributed by atoms with van der Waals surface area (Å²) in [6.45, 7) is 5.06. The molecule has 1 saturated heterocycles. The topological polar surface area (TPSA) is 104 Å². The molecule has 9 heteroatoms. The molecule has 1 aliphatic rings. The van der Waals surface area contributed by atoms with Crippen LogP contribution in [-0.4, -0.2) is 35.6 Å². The number of carbonyl (C=O) groups is 2. The smallest absolute Gasteiger partial charge is 0.253 e. The highest BCUT2D eigenvalue weighted by Gasteiger charge is 2.40. The van der Waals surface area contributed by atoms with Crippen LogP contribution in [0.5, 0.6) is 5.75 Å². The van der Waals surface area contributed by atoms with Crippen molar-refractivity contribution in [3.63, 3.8) is 0 Å². The summed E-state index contributed by atoms with van der Waals surface area (Å²) in [5.74, 6) is -0.147. The predicted octanol–water partition coefficient (Wildman–Crippen LogP) is 3.32. The van der Waals surface area contributed by atoms with Crippen LogP contribution in [0.1, 0.15) is 38.0 Å².